The maximum atomic E-state index is 11.4. The molecule has 1 aromatic carbocycles. The number of carbonyl (C=O) groups is 1. The van der Waals surface area contributed by atoms with E-state index < -0.39 is 5.97 Å². The fourth-order valence-corrected chi connectivity index (χ4v) is 2.33. The van der Waals surface area contributed by atoms with Crippen LogP contribution in [0.2, 0.25) is 0 Å². The van der Waals surface area contributed by atoms with Gasteiger partial charge in [0, 0.05) is 29.5 Å². The zero-order valence-electron chi connectivity index (χ0n) is 11.3. The lowest BCUT2D eigenvalue weighted by molar-refractivity contribution is 0.0697. The summed E-state index contributed by atoms with van der Waals surface area (Å²) in [5, 5.41) is 11.1. The molecule has 0 aliphatic carbocycles. The second-order valence-electron chi connectivity index (χ2n) is 4.45. The van der Waals surface area contributed by atoms with Gasteiger partial charge < -0.3 is 9.84 Å². The molecule has 5 heteroatoms. The van der Waals surface area contributed by atoms with Crippen molar-refractivity contribution in [3.05, 3.63) is 54.5 Å². The van der Waals surface area contributed by atoms with Crippen LogP contribution >= 0.6 is 0 Å². The summed E-state index contributed by atoms with van der Waals surface area (Å²) in [6, 6.07) is 8.71. The van der Waals surface area contributed by atoms with Gasteiger partial charge in [0.1, 0.15) is 5.75 Å². The zero-order chi connectivity index (χ0) is 14.8. The minimum Gasteiger partial charge on any atom is -0.495 e. The van der Waals surface area contributed by atoms with Crippen molar-refractivity contribution in [3.63, 3.8) is 0 Å². The van der Waals surface area contributed by atoms with Crippen molar-refractivity contribution in [2.75, 3.05) is 7.11 Å². The molecule has 2 aromatic heterocycles. The largest absolute Gasteiger partial charge is 0.495 e. The summed E-state index contributed by atoms with van der Waals surface area (Å²) in [7, 11) is 1.55. The van der Waals surface area contributed by atoms with Crippen molar-refractivity contribution in [2.45, 2.75) is 0 Å². The van der Waals surface area contributed by atoms with Gasteiger partial charge in [0.05, 0.1) is 18.4 Å². The Balaban J connectivity index is 2.33. The predicted octanol–water partition coefficient (Wildman–Crippen LogP) is 3.00. The molecule has 0 fully saturated rings. The van der Waals surface area contributed by atoms with Crippen molar-refractivity contribution in [1.29, 1.82) is 0 Å². The standard InChI is InChI=1S/C16H12N2O3/c1-21-15-11(5-4-10-6-8-17-9-13(10)15)14-12(16(19)20)3-2-7-18-14/h2-9H,1H3,(H,19,20). The van der Waals surface area contributed by atoms with Crippen LogP contribution in [0, 0.1) is 0 Å². The molecule has 0 saturated carbocycles. The summed E-state index contributed by atoms with van der Waals surface area (Å²) in [6.45, 7) is 0. The van der Waals surface area contributed by atoms with E-state index in [0.717, 1.165) is 10.8 Å². The normalized spacial score (nSPS) is 10.5. The summed E-state index contributed by atoms with van der Waals surface area (Å²) < 4.78 is 5.47. The number of carboxylic acids is 1. The number of nitrogens with zero attached hydrogens (tertiary/aromatic N) is 2. The first-order valence-electron chi connectivity index (χ1n) is 6.32. The topological polar surface area (TPSA) is 72.3 Å². The highest BCUT2D eigenvalue weighted by Crippen LogP contribution is 2.36. The summed E-state index contributed by atoms with van der Waals surface area (Å²) >= 11 is 0. The smallest absolute Gasteiger partial charge is 0.337 e. The Morgan fingerprint density at radius 2 is 2.05 bits per heavy atom. The minimum absolute atomic E-state index is 0.138. The molecule has 1 N–H and O–H groups in total. The van der Waals surface area contributed by atoms with Crippen molar-refractivity contribution in [1.82, 2.24) is 9.97 Å². The lowest BCUT2D eigenvalue weighted by Crippen LogP contribution is -2.02. The molecule has 0 aliphatic heterocycles. The van der Waals surface area contributed by atoms with Crippen LogP contribution in [0.5, 0.6) is 5.75 Å². The number of carboxylic acid groups (broad SMARTS) is 1. The number of hydrogen-bond acceptors (Lipinski definition) is 4. The number of ether oxygens (including phenoxy) is 1. The maximum absolute atomic E-state index is 11.4. The van der Waals surface area contributed by atoms with Gasteiger partial charge in [0.25, 0.3) is 0 Å². The van der Waals surface area contributed by atoms with Crippen LogP contribution in [0.15, 0.2) is 48.9 Å². The predicted molar refractivity (Wildman–Crippen MR) is 78.5 cm³/mol. The molecular formula is C16H12N2O3. The van der Waals surface area contributed by atoms with Gasteiger partial charge in [0.15, 0.2) is 0 Å². The number of aromatic nitrogens is 2. The molecule has 0 atom stereocenters. The van der Waals surface area contributed by atoms with E-state index in [1.54, 1.807) is 31.8 Å². The first kappa shape index (κ1) is 13.1. The van der Waals surface area contributed by atoms with Crippen LogP contribution in [0.25, 0.3) is 22.0 Å². The van der Waals surface area contributed by atoms with Crippen molar-refractivity contribution >= 4 is 16.7 Å². The molecule has 0 amide bonds. The number of methoxy groups -OCH3 is 1. The van der Waals surface area contributed by atoms with E-state index in [4.69, 9.17) is 4.74 Å². The molecule has 0 saturated heterocycles. The van der Waals surface area contributed by atoms with E-state index in [1.807, 2.05) is 18.2 Å². The molecule has 3 aromatic rings. The quantitative estimate of drug-likeness (QED) is 0.798. The Bertz CT molecular complexity index is 831. The van der Waals surface area contributed by atoms with Crippen LogP contribution in [0.4, 0.5) is 0 Å². The van der Waals surface area contributed by atoms with Gasteiger partial charge in [-0.05, 0) is 29.7 Å². The molecule has 0 spiro atoms. The summed E-state index contributed by atoms with van der Waals surface area (Å²) in [5.74, 6) is -0.451. The average molecular weight is 280 g/mol. The number of rotatable bonds is 3. The molecule has 104 valence electrons. The van der Waals surface area contributed by atoms with Gasteiger partial charge in [0.2, 0.25) is 0 Å². The number of pyridine rings is 2. The van der Waals surface area contributed by atoms with Gasteiger partial charge >= 0.3 is 5.97 Å². The molecule has 5 nitrogen and oxygen atoms in total. The van der Waals surface area contributed by atoms with Crippen molar-refractivity contribution < 1.29 is 14.6 Å². The first-order valence-corrected chi connectivity index (χ1v) is 6.32. The fourth-order valence-electron chi connectivity index (χ4n) is 2.33. The number of aromatic carboxylic acids is 1. The summed E-state index contributed by atoms with van der Waals surface area (Å²) in [5.41, 5.74) is 1.16. The Labute approximate surface area is 120 Å². The van der Waals surface area contributed by atoms with Crippen molar-refractivity contribution in [3.8, 4) is 17.0 Å². The second-order valence-corrected chi connectivity index (χ2v) is 4.45. The van der Waals surface area contributed by atoms with Crippen LogP contribution in [-0.4, -0.2) is 28.2 Å². The average Bonchev–Trinajstić information content (AvgIpc) is 2.53. The van der Waals surface area contributed by atoms with Crippen LogP contribution < -0.4 is 4.74 Å². The van der Waals surface area contributed by atoms with Gasteiger partial charge in [-0.1, -0.05) is 6.07 Å². The summed E-state index contributed by atoms with van der Waals surface area (Å²) in [6.07, 6.45) is 4.96. The highest BCUT2D eigenvalue weighted by Gasteiger charge is 2.17. The van der Waals surface area contributed by atoms with E-state index in [1.165, 1.54) is 6.07 Å². The lowest BCUT2D eigenvalue weighted by Gasteiger charge is -2.12. The molecule has 3 rings (SSSR count). The number of hydrogen-bond donors (Lipinski definition) is 1. The Morgan fingerprint density at radius 3 is 2.81 bits per heavy atom. The zero-order valence-corrected chi connectivity index (χ0v) is 11.3. The highest BCUT2D eigenvalue weighted by atomic mass is 16.5. The molecule has 0 bridgehead atoms. The molecule has 0 radical (unpaired) electrons. The van der Waals surface area contributed by atoms with Gasteiger partial charge in [-0.3, -0.25) is 9.97 Å². The van der Waals surface area contributed by atoms with E-state index in [9.17, 15) is 9.90 Å². The van der Waals surface area contributed by atoms with Crippen LogP contribution in [0.1, 0.15) is 10.4 Å². The van der Waals surface area contributed by atoms with Crippen molar-refractivity contribution in [2.24, 2.45) is 0 Å². The fraction of sp³-hybridized carbons (Fsp3) is 0.0625. The third-order valence-corrected chi connectivity index (χ3v) is 3.27. The van der Waals surface area contributed by atoms with E-state index in [2.05, 4.69) is 9.97 Å². The summed E-state index contributed by atoms with van der Waals surface area (Å²) in [4.78, 5) is 19.7. The number of fused-ring (bicyclic) bond motifs is 1. The molecule has 21 heavy (non-hydrogen) atoms. The SMILES string of the molecule is COc1c(-c2ncccc2C(=O)O)ccc2ccncc12. The third-order valence-electron chi connectivity index (χ3n) is 3.27. The maximum Gasteiger partial charge on any atom is 0.337 e. The Kier molecular flexibility index (Phi) is 3.23. The Hall–Kier alpha value is -2.95. The van der Waals surface area contributed by atoms with Crippen LogP contribution in [-0.2, 0) is 0 Å². The van der Waals surface area contributed by atoms with E-state index >= 15 is 0 Å². The minimum atomic E-state index is -1.02. The monoisotopic (exact) mass is 280 g/mol. The molecular weight excluding hydrogens is 268 g/mol. The molecule has 2 heterocycles. The third kappa shape index (κ3) is 2.18. The molecule has 0 unspecified atom stereocenters. The highest BCUT2D eigenvalue weighted by molar-refractivity contribution is 5.99. The molecule has 0 aliphatic rings. The van der Waals surface area contributed by atoms with Gasteiger partial charge in [-0.15, -0.1) is 0 Å². The first-order chi connectivity index (χ1) is 10.2. The van der Waals surface area contributed by atoms with E-state index in [0.29, 0.717) is 17.0 Å². The van der Waals surface area contributed by atoms with Gasteiger partial charge in [-0.2, -0.15) is 0 Å². The lowest BCUT2D eigenvalue weighted by atomic mass is 10.0. The van der Waals surface area contributed by atoms with Crippen LogP contribution in [0.3, 0.4) is 0 Å². The number of benzene rings is 1. The van der Waals surface area contributed by atoms with Gasteiger partial charge in [-0.25, -0.2) is 4.79 Å². The second kappa shape index (κ2) is 5.20. The Morgan fingerprint density at radius 1 is 1.19 bits per heavy atom. The van der Waals surface area contributed by atoms with E-state index in [-0.39, 0.29) is 5.56 Å².